The summed E-state index contributed by atoms with van der Waals surface area (Å²) in [6.07, 6.45) is 0. The van der Waals surface area contributed by atoms with E-state index in [-0.39, 0.29) is 18.1 Å². The predicted molar refractivity (Wildman–Crippen MR) is 76.2 cm³/mol. The van der Waals surface area contributed by atoms with E-state index >= 15 is 0 Å². The second kappa shape index (κ2) is 5.50. The van der Waals surface area contributed by atoms with Crippen LogP contribution in [0.25, 0.3) is 0 Å². The molecule has 0 spiro atoms. The summed E-state index contributed by atoms with van der Waals surface area (Å²) in [7, 11) is 0. The van der Waals surface area contributed by atoms with Crippen LogP contribution in [0.2, 0.25) is 5.02 Å². The molecule has 0 atom stereocenters. The second-order valence-electron chi connectivity index (χ2n) is 4.42. The fourth-order valence-electron chi connectivity index (χ4n) is 1.80. The van der Waals surface area contributed by atoms with Gasteiger partial charge in [0.15, 0.2) is 0 Å². The Labute approximate surface area is 120 Å². The van der Waals surface area contributed by atoms with E-state index in [1.165, 1.54) is 16.8 Å². The van der Waals surface area contributed by atoms with E-state index in [1.54, 1.807) is 13.8 Å². The number of carbonyl (C=O) groups is 1. The van der Waals surface area contributed by atoms with E-state index in [4.69, 9.17) is 17.3 Å². The molecule has 1 heterocycles. The standard InChI is InChI=1S/C13H14ClFN4O/c1-7-13(14)8(2)19(18-7)6-12(20)17-11-4-3-9(15)5-10(11)16/h3-5H,6,16H2,1-2H3,(H,17,20). The van der Waals surface area contributed by atoms with Crippen LogP contribution < -0.4 is 11.1 Å². The molecule has 0 aliphatic carbocycles. The number of anilines is 2. The Morgan fingerprint density at radius 3 is 2.75 bits per heavy atom. The molecule has 0 aliphatic rings. The van der Waals surface area contributed by atoms with Gasteiger partial charge in [0.25, 0.3) is 0 Å². The molecule has 0 saturated heterocycles. The van der Waals surface area contributed by atoms with Crippen LogP contribution in [0.15, 0.2) is 18.2 Å². The zero-order valence-corrected chi connectivity index (χ0v) is 11.8. The number of rotatable bonds is 3. The van der Waals surface area contributed by atoms with Gasteiger partial charge in [-0.1, -0.05) is 11.6 Å². The average molecular weight is 297 g/mol. The molecule has 2 aromatic rings. The molecule has 0 radical (unpaired) electrons. The van der Waals surface area contributed by atoms with E-state index in [0.717, 1.165) is 6.07 Å². The first-order valence-electron chi connectivity index (χ1n) is 5.93. The van der Waals surface area contributed by atoms with Crippen molar-refractivity contribution in [1.29, 1.82) is 0 Å². The number of nitrogens with one attached hydrogen (secondary N) is 1. The van der Waals surface area contributed by atoms with Gasteiger partial charge in [-0.15, -0.1) is 0 Å². The van der Waals surface area contributed by atoms with Crippen LogP contribution in [-0.4, -0.2) is 15.7 Å². The number of hydrogen-bond donors (Lipinski definition) is 2. The summed E-state index contributed by atoms with van der Waals surface area (Å²) < 4.78 is 14.4. The SMILES string of the molecule is Cc1nn(CC(=O)Nc2ccc(F)cc2N)c(C)c1Cl. The summed E-state index contributed by atoms with van der Waals surface area (Å²) in [6.45, 7) is 3.56. The van der Waals surface area contributed by atoms with Crippen LogP contribution >= 0.6 is 11.6 Å². The van der Waals surface area contributed by atoms with Crippen LogP contribution in [0.5, 0.6) is 0 Å². The number of aromatic nitrogens is 2. The van der Waals surface area contributed by atoms with Crippen molar-refractivity contribution in [2.24, 2.45) is 0 Å². The van der Waals surface area contributed by atoms with Gasteiger partial charge in [-0.3, -0.25) is 9.48 Å². The highest BCUT2D eigenvalue weighted by atomic mass is 35.5. The van der Waals surface area contributed by atoms with Crippen LogP contribution in [0.3, 0.4) is 0 Å². The van der Waals surface area contributed by atoms with Gasteiger partial charge in [0, 0.05) is 0 Å². The Balaban J connectivity index is 2.11. The van der Waals surface area contributed by atoms with Crippen molar-refractivity contribution in [1.82, 2.24) is 9.78 Å². The number of nitrogens with zero attached hydrogens (tertiary/aromatic N) is 2. The Morgan fingerprint density at radius 1 is 1.50 bits per heavy atom. The predicted octanol–water partition coefficient (Wildman–Crippen LogP) is 2.51. The zero-order chi connectivity index (χ0) is 14.9. The minimum absolute atomic E-state index is 0.0101. The van der Waals surface area contributed by atoms with Crippen molar-refractivity contribution in [2.75, 3.05) is 11.1 Å². The van der Waals surface area contributed by atoms with Crippen molar-refractivity contribution in [2.45, 2.75) is 20.4 Å². The zero-order valence-electron chi connectivity index (χ0n) is 11.1. The molecule has 5 nitrogen and oxygen atoms in total. The first-order valence-corrected chi connectivity index (χ1v) is 6.30. The van der Waals surface area contributed by atoms with Crippen LogP contribution in [-0.2, 0) is 11.3 Å². The Kier molecular flexibility index (Phi) is 3.94. The van der Waals surface area contributed by atoms with E-state index in [1.807, 2.05) is 0 Å². The van der Waals surface area contributed by atoms with Gasteiger partial charge < -0.3 is 11.1 Å². The highest BCUT2D eigenvalue weighted by Gasteiger charge is 2.13. The van der Waals surface area contributed by atoms with Gasteiger partial charge in [0.05, 0.1) is 27.8 Å². The summed E-state index contributed by atoms with van der Waals surface area (Å²) in [4.78, 5) is 11.9. The van der Waals surface area contributed by atoms with E-state index in [0.29, 0.717) is 22.1 Å². The molecule has 20 heavy (non-hydrogen) atoms. The van der Waals surface area contributed by atoms with Gasteiger partial charge >= 0.3 is 0 Å². The number of amides is 1. The summed E-state index contributed by atoms with van der Waals surface area (Å²) in [5.74, 6) is -0.767. The molecule has 1 aromatic carbocycles. The third kappa shape index (κ3) is 2.91. The van der Waals surface area contributed by atoms with Crippen LogP contribution in [0, 0.1) is 19.7 Å². The first kappa shape index (κ1) is 14.3. The van der Waals surface area contributed by atoms with E-state index in [9.17, 15) is 9.18 Å². The monoisotopic (exact) mass is 296 g/mol. The third-order valence-corrected chi connectivity index (χ3v) is 3.42. The molecule has 1 aromatic heterocycles. The fraction of sp³-hybridized carbons (Fsp3) is 0.231. The molecule has 7 heteroatoms. The maximum atomic E-state index is 12.9. The topological polar surface area (TPSA) is 72.9 Å². The molecule has 106 valence electrons. The first-order chi connectivity index (χ1) is 9.38. The molecule has 3 N–H and O–H groups in total. The van der Waals surface area contributed by atoms with Gasteiger partial charge in [0.2, 0.25) is 5.91 Å². The van der Waals surface area contributed by atoms with Crippen molar-refractivity contribution < 1.29 is 9.18 Å². The van der Waals surface area contributed by atoms with Crippen molar-refractivity contribution in [3.05, 3.63) is 40.4 Å². The molecule has 1 amide bonds. The van der Waals surface area contributed by atoms with E-state index in [2.05, 4.69) is 10.4 Å². The Hall–Kier alpha value is -2.08. The average Bonchev–Trinajstić information content (AvgIpc) is 2.61. The molecular weight excluding hydrogens is 283 g/mol. The number of nitrogens with two attached hydrogens (primary N) is 1. The summed E-state index contributed by atoms with van der Waals surface area (Å²) >= 11 is 6.01. The normalized spacial score (nSPS) is 10.6. The fourth-order valence-corrected chi connectivity index (χ4v) is 1.94. The lowest BCUT2D eigenvalue weighted by Crippen LogP contribution is -2.21. The van der Waals surface area contributed by atoms with Gasteiger partial charge in [-0.25, -0.2) is 4.39 Å². The number of benzene rings is 1. The Bertz CT molecular complexity index is 669. The quantitative estimate of drug-likeness (QED) is 0.855. The lowest BCUT2D eigenvalue weighted by Gasteiger charge is -2.09. The third-order valence-electron chi connectivity index (χ3n) is 2.87. The molecule has 0 saturated carbocycles. The highest BCUT2D eigenvalue weighted by molar-refractivity contribution is 6.31. The van der Waals surface area contributed by atoms with E-state index < -0.39 is 5.82 Å². The smallest absolute Gasteiger partial charge is 0.246 e. The summed E-state index contributed by atoms with van der Waals surface area (Å²) in [5, 5.41) is 7.31. The second-order valence-corrected chi connectivity index (χ2v) is 4.80. The molecule has 0 fully saturated rings. The lowest BCUT2D eigenvalue weighted by molar-refractivity contribution is -0.116. The van der Waals surface area contributed by atoms with Gasteiger partial charge in [-0.2, -0.15) is 5.10 Å². The highest BCUT2D eigenvalue weighted by Crippen LogP contribution is 2.20. The van der Waals surface area contributed by atoms with Crippen LogP contribution in [0.1, 0.15) is 11.4 Å². The maximum absolute atomic E-state index is 12.9. The molecule has 0 unspecified atom stereocenters. The number of aryl methyl sites for hydroxylation is 1. The number of hydrogen-bond acceptors (Lipinski definition) is 3. The number of halogens is 2. The molecular formula is C13H14ClFN4O. The minimum Gasteiger partial charge on any atom is -0.397 e. The van der Waals surface area contributed by atoms with Crippen molar-refractivity contribution >= 4 is 28.9 Å². The molecule has 0 aliphatic heterocycles. The largest absolute Gasteiger partial charge is 0.397 e. The maximum Gasteiger partial charge on any atom is 0.246 e. The minimum atomic E-state index is -0.453. The Morgan fingerprint density at radius 2 is 2.20 bits per heavy atom. The summed E-state index contributed by atoms with van der Waals surface area (Å²) in [6, 6.07) is 3.79. The van der Waals surface area contributed by atoms with Crippen molar-refractivity contribution in [3.8, 4) is 0 Å². The van der Waals surface area contributed by atoms with Gasteiger partial charge in [-0.05, 0) is 32.0 Å². The van der Waals surface area contributed by atoms with Gasteiger partial charge in [0.1, 0.15) is 12.4 Å². The van der Waals surface area contributed by atoms with Crippen LogP contribution in [0.4, 0.5) is 15.8 Å². The number of carbonyl (C=O) groups excluding carboxylic acids is 1. The number of nitrogen functional groups attached to an aromatic ring is 1. The lowest BCUT2D eigenvalue weighted by atomic mass is 10.2. The molecule has 0 bridgehead atoms. The van der Waals surface area contributed by atoms with Crippen molar-refractivity contribution in [3.63, 3.8) is 0 Å². The molecule has 2 rings (SSSR count). The summed E-state index contributed by atoms with van der Waals surface area (Å²) in [5.41, 5.74) is 7.54.